The zero-order chi connectivity index (χ0) is 25.6. The second kappa shape index (κ2) is 9.53. The lowest BCUT2D eigenvalue weighted by atomic mass is 9.43. The molecule has 1 aliphatic heterocycles. The molecular formula is C30H41BN2O3. The second-order valence-electron chi connectivity index (χ2n) is 12.0. The van der Waals surface area contributed by atoms with Gasteiger partial charge < -0.3 is 20.4 Å². The van der Waals surface area contributed by atoms with Crippen LogP contribution in [0.5, 0.6) is 0 Å². The number of para-hydroxylation sites is 1. The molecule has 1 heterocycles. The fourth-order valence-electron chi connectivity index (χ4n) is 7.50. The molecule has 4 fully saturated rings. The van der Waals surface area contributed by atoms with Crippen LogP contribution in [0.2, 0.25) is 5.82 Å². The zero-order valence-electron chi connectivity index (χ0n) is 22.2. The van der Waals surface area contributed by atoms with Crippen molar-refractivity contribution in [3.63, 3.8) is 0 Å². The number of carbonyl (C=O) groups excluding carboxylic acids is 1. The van der Waals surface area contributed by atoms with E-state index in [1.54, 1.807) is 0 Å². The van der Waals surface area contributed by atoms with Gasteiger partial charge in [0, 0.05) is 11.5 Å². The van der Waals surface area contributed by atoms with Gasteiger partial charge in [-0.25, -0.2) is 0 Å². The van der Waals surface area contributed by atoms with Crippen molar-refractivity contribution in [2.24, 2.45) is 23.0 Å². The predicted molar refractivity (Wildman–Crippen MR) is 146 cm³/mol. The van der Waals surface area contributed by atoms with Crippen molar-refractivity contribution >= 4 is 18.7 Å². The Morgan fingerprint density at radius 1 is 1.11 bits per heavy atom. The molecule has 4 aliphatic rings. The fourth-order valence-corrected chi connectivity index (χ4v) is 7.50. The monoisotopic (exact) mass is 488 g/mol. The van der Waals surface area contributed by atoms with Gasteiger partial charge in [0.15, 0.2) is 0 Å². The number of benzene rings is 2. The summed E-state index contributed by atoms with van der Waals surface area (Å²) >= 11 is 0. The maximum atomic E-state index is 13.3. The van der Waals surface area contributed by atoms with E-state index in [1.807, 2.05) is 43.3 Å². The van der Waals surface area contributed by atoms with Gasteiger partial charge in [-0.15, -0.1) is 0 Å². The van der Waals surface area contributed by atoms with E-state index in [1.165, 1.54) is 12.0 Å². The number of hydrogen-bond acceptors (Lipinski definition) is 4. The number of nitrogens with two attached hydrogens (primary N) is 1. The van der Waals surface area contributed by atoms with Crippen molar-refractivity contribution in [2.75, 3.05) is 5.32 Å². The molecule has 0 radical (unpaired) electrons. The molecule has 192 valence electrons. The minimum atomic E-state index is -0.981. The maximum absolute atomic E-state index is 13.3. The van der Waals surface area contributed by atoms with Crippen molar-refractivity contribution < 1.29 is 14.1 Å². The molecule has 0 spiro atoms. The Balaban J connectivity index is 1.45. The summed E-state index contributed by atoms with van der Waals surface area (Å²) in [6, 6.07) is 20.4. The van der Waals surface area contributed by atoms with Gasteiger partial charge in [-0.05, 0) is 80.4 Å². The molecule has 6 rings (SSSR count). The molecule has 3 aliphatic carbocycles. The average molecular weight is 488 g/mol. The molecule has 1 saturated heterocycles. The zero-order valence-corrected chi connectivity index (χ0v) is 22.2. The number of hydrogen-bond donors (Lipinski definition) is 2. The summed E-state index contributed by atoms with van der Waals surface area (Å²) in [6.45, 7) is 9.02. The van der Waals surface area contributed by atoms with Gasteiger partial charge >= 0.3 is 7.12 Å². The quantitative estimate of drug-likeness (QED) is 0.411. The lowest BCUT2D eigenvalue weighted by Crippen LogP contribution is -2.65. The van der Waals surface area contributed by atoms with Crippen LogP contribution in [0.15, 0.2) is 60.7 Å². The lowest BCUT2D eigenvalue weighted by molar-refractivity contribution is -0.199. The van der Waals surface area contributed by atoms with Gasteiger partial charge in [0.05, 0.1) is 11.7 Å². The first-order valence-electron chi connectivity index (χ1n) is 13.7. The topological polar surface area (TPSA) is 73.6 Å². The molecule has 3 N–H and O–H groups in total. The number of primary amides is 1. The molecule has 1 amide bonds. The number of anilines is 1. The maximum Gasteiger partial charge on any atom is 0.463 e. The van der Waals surface area contributed by atoms with Gasteiger partial charge in [0.2, 0.25) is 5.91 Å². The van der Waals surface area contributed by atoms with Crippen molar-refractivity contribution in [1.29, 1.82) is 0 Å². The molecular weight excluding hydrogens is 447 g/mol. The normalized spacial score (nSPS) is 30.6. The molecule has 2 bridgehead atoms. The first-order chi connectivity index (χ1) is 17.2. The van der Waals surface area contributed by atoms with Crippen LogP contribution in [-0.2, 0) is 20.5 Å². The Hall–Kier alpha value is -2.31. The number of rotatable bonds is 10. The molecule has 2 aromatic carbocycles. The molecule has 36 heavy (non-hydrogen) atoms. The van der Waals surface area contributed by atoms with E-state index >= 15 is 0 Å². The van der Waals surface area contributed by atoms with Gasteiger partial charge in [-0.1, -0.05) is 69.3 Å². The van der Waals surface area contributed by atoms with E-state index in [0.717, 1.165) is 31.4 Å². The van der Waals surface area contributed by atoms with Crippen LogP contribution in [0.1, 0.15) is 65.4 Å². The number of aryl methyl sites for hydroxylation is 1. The third-order valence-corrected chi connectivity index (χ3v) is 9.89. The largest absolute Gasteiger partial charge is 0.463 e. The standard InChI is InChI=1S/C30H41BN2O3/c1-5-30(27(32)34,33-23-16-10-7-11-17-23)25(18-12-15-21-13-8-6-9-14-21)31-35-26-20-22-19-24(28(22,2)3)29(26,4)36-31/h6-11,13-14,16-17,22,24-26,33H,5,12,15,18-20H2,1-4H3,(H2,32,34)/t22-,24-,25+,26+,29-,30?/m0/s1. The Kier molecular flexibility index (Phi) is 6.71. The number of carbonyl (C=O) groups is 1. The van der Waals surface area contributed by atoms with Crippen LogP contribution in [0.25, 0.3) is 0 Å². The molecule has 5 nitrogen and oxygen atoms in total. The predicted octanol–water partition coefficient (Wildman–Crippen LogP) is 5.85. The summed E-state index contributed by atoms with van der Waals surface area (Å²) in [5.74, 6) is 0.575. The van der Waals surface area contributed by atoms with Gasteiger partial charge in [-0.3, -0.25) is 4.79 Å². The SMILES string of the molecule is CCC(Nc1ccccc1)(C(N)=O)[C@@H](CCCc1ccccc1)B1O[C@@H]2C[C@@H]3C[C@@H](C3(C)C)[C@]2(C)O1. The Labute approximate surface area is 216 Å². The van der Waals surface area contributed by atoms with E-state index in [0.29, 0.717) is 18.3 Å². The van der Waals surface area contributed by atoms with E-state index in [9.17, 15) is 4.79 Å². The van der Waals surface area contributed by atoms with Crippen LogP contribution in [0, 0.1) is 17.3 Å². The summed E-state index contributed by atoms with van der Waals surface area (Å²) in [7, 11) is -0.477. The Bertz CT molecular complexity index is 1060. The van der Waals surface area contributed by atoms with E-state index in [4.69, 9.17) is 15.0 Å². The van der Waals surface area contributed by atoms with Crippen LogP contribution in [0.3, 0.4) is 0 Å². The molecule has 6 heteroatoms. The third-order valence-electron chi connectivity index (χ3n) is 9.89. The minimum Gasteiger partial charge on any atom is -0.405 e. The summed E-state index contributed by atoms with van der Waals surface area (Å²) < 4.78 is 13.7. The van der Waals surface area contributed by atoms with Crippen molar-refractivity contribution in [3.05, 3.63) is 66.2 Å². The van der Waals surface area contributed by atoms with Crippen molar-refractivity contribution in [2.45, 2.75) is 89.3 Å². The highest BCUT2D eigenvalue weighted by Crippen LogP contribution is 2.66. The summed E-state index contributed by atoms with van der Waals surface area (Å²) in [6.07, 6.45) is 5.47. The Morgan fingerprint density at radius 3 is 2.39 bits per heavy atom. The lowest BCUT2D eigenvalue weighted by Gasteiger charge is -2.64. The second-order valence-corrected chi connectivity index (χ2v) is 12.0. The van der Waals surface area contributed by atoms with Gasteiger partial charge in [-0.2, -0.15) is 0 Å². The van der Waals surface area contributed by atoms with E-state index < -0.39 is 12.7 Å². The highest BCUT2D eigenvalue weighted by molar-refractivity contribution is 6.48. The van der Waals surface area contributed by atoms with Crippen molar-refractivity contribution in [3.8, 4) is 0 Å². The first kappa shape index (κ1) is 25.3. The molecule has 2 aromatic rings. The van der Waals surface area contributed by atoms with Crippen LogP contribution in [0.4, 0.5) is 5.69 Å². The highest BCUT2D eigenvalue weighted by Gasteiger charge is 2.69. The highest BCUT2D eigenvalue weighted by atomic mass is 16.7. The average Bonchev–Trinajstić information content (AvgIpc) is 3.23. The summed E-state index contributed by atoms with van der Waals surface area (Å²) in [4.78, 5) is 13.3. The van der Waals surface area contributed by atoms with Gasteiger partial charge in [0.25, 0.3) is 0 Å². The first-order valence-corrected chi connectivity index (χ1v) is 13.7. The summed E-state index contributed by atoms with van der Waals surface area (Å²) in [5, 5.41) is 3.56. The minimum absolute atomic E-state index is 0.0649. The van der Waals surface area contributed by atoms with Crippen LogP contribution >= 0.6 is 0 Å². The van der Waals surface area contributed by atoms with E-state index in [-0.39, 0.29) is 28.8 Å². The smallest absolute Gasteiger partial charge is 0.405 e. The van der Waals surface area contributed by atoms with Crippen LogP contribution in [-0.4, -0.2) is 30.3 Å². The summed E-state index contributed by atoms with van der Waals surface area (Å²) in [5.41, 5.74) is 7.36. The van der Waals surface area contributed by atoms with E-state index in [2.05, 4.69) is 50.4 Å². The van der Waals surface area contributed by atoms with Crippen molar-refractivity contribution in [1.82, 2.24) is 0 Å². The molecule has 3 saturated carbocycles. The number of nitrogens with one attached hydrogen (secondary N) is 1. The number of amides is 1. The molecule has 1 unspecified atom stereocenters. The Morgan fingerprint density at radius 2 is 1.78 bits per heavy atom. The third kappa shape index (κ3) is 4.16. The molecule has 6 atom stereocenters. The molecule has 0 aromatic heterocycles. The van der Waals surface area contributed by atoms with Gasteiger partial charge in [0.1, 0.15) is 5.54 Å². The fraction of sp³-hybridized carbons (Fsp3) is 0.567. The van der Waals surface area contributed by atoms with Crippen LogP contribution < -0.4 is 11.1 Å².